The molecule has 6 heteroatoms. The number of nitro groups is 1. The second kappa shape index (κ2) is 8.07. The van der Waals surface area contributed by atoms with Crippen molar-refractivity contribution in [3.05, 3.63) is 81.4 Å². The zero-order valence-electron chi connectivity index (χ0n) is 16.4. The smallest absolute Gasteiger partial charge is 0.410 e. The molecule has 0 N–H and O–H groups in total. The van der Waals surface area contributed by atoms with E-state index in [2.05, 4.69) is 6.08 Å². The third-order valence-electron chi connectivity index (χ3n) is 5.83. The Balaban J connectivity index is 1.53. The van der Waals surface area contributed by atoms with E-state index >= 15 is 0 Å². The number of hydrogen-bond acceptors (Lipinski definition) is 4. The fourth-order valence-corrected chi connectivity index (χ4v) is 4.33. The Morgan fingerprint density at radius 3 is 2.72 bits per heavy atom. The molecule has 1 amide bonds. The minimum Gasteiger partial charge on any atom is -0.445 e. The van der Waals surface area contributed by atoms with Crippen molar-refractivity contribution in [3.8, 4) is 0 Å². The van der Waals surface area contributed by atoms with Crippen LogP contribution in [0.3, 0.4) is 0 Å². The maximum Gasteiger partial charge on any atom is 0.410 e. The number of amides is 1. The first kappa shape index (κ1) is 19.2. The molecule has 2 aliphatic heterocycles. The van der Waals surface area contributed by atoms with Crippen molar-refractivity contribution in [2.24, 2.45) is 0 Å². The van der Waals surface area contributed by atoms with Gasteiger partial charge in [0.15, 0.2) is 0 Å². The molecule has 0 aromatic heterocycles. The molecule has 0 spiro atoms. The number of carbonyl (C=O) groups excluding carboxylic acids is 1. The normalized spacial score (nSPS) is 20.7. The maximum absolute atomic E-state index is 12.8. The molecule has 1 fully saturated rings. The van der Waals surface area contributed by atoms with Crippen molar-refractivity contribution in [2.75, 3.05) is 0 Å². The van der Waals surface area contributed by atoms with Gasteiger partial charge in [0.25, 0.3) is 5.69 Å². The molecule has 4 rings (SSSR count). The molecule has 0 aliphatic carbocycles. The van der Waals surface area contributed by atoms with Crippen molar-refractivity contribution < 1.29 is 14.5 Å². The topological polar surface area (TPSA) is 72.7 Å². The van der Waals surface area contributed by atoms with Crippen molar-refractivity contribution in [1.29, 1.82) is 0 Å². The standard InChI is InChI=1S/C23H24N2O4/c1-16-10-11-18(14-22(16)25(27)28)19-12-20-8-5-9-21(13-19)24(20)23(26)29-15-17-6-3-2-4-7-17/h2-4,6-7,10-12,14,20-21H,5,8-9,13,15H2,1H3. The third-order valence-corrected chi connectivity index (χ3v) is 5.83. The summed E-state index contributed by atoms with van der Waals surface area (Å²) in [5.74, 6) is 0. The van der Waals surface area contributed by atoms with Crippen LogP contribution in [0.25, 0.3) is 5.57 Å². The fourth-order valence-electron chi connectivity index (χ4n) is 4.33. The van der Waals surface area contributed by atoms with Crippen LogP contribution in [-0.4, -0.2) is 28.0 Å². The van der Waals surface area contributed by atoms with Gasteiger partial charge in [-0.15, -0.1) is 0 Å². The third kappa shape index (κ3) is 4.01. The highest BCUT2D eigenvalue weighted by Gasteiger charge is 2.38. The number of aryl methyl sites for hydroxylation is 1. The first-order chi connectivity index (χ1) is 14.0. The van der Waals surface area contributed by atoms with Gasteiger partial charge < -0.3 is 4.74 Å². The van der Waals surface area contributed by atoms with E-state index in [0.29, 0.717) is 12.0 Å². The van der Waals surface area contributed by atoms with E-state index < -0.39 is 0 Å². The number of piperidine rings is 1. The number of hydrogen-bond donors (Lipinski definition) is 0. The monoisotopic (exact) mass is 392 g/mol. The van der Waals surface area contributed by atoms with E-state index in [9.17, 15) is 14.9 Å². The van der Waals surface area contributed by atoms with Gasteiger partial charge in [-0.05, 0) is 49.3 Å². The second-order valence-corrected chi connectivity index (χ2v) is 7.75. The second-order valence-electron chi connectivity index (χ2n) is 7.75. The molecule has 2 unspecified atom stereocenters. The minimum absolute atomic E-state index is 0.0267. The summed E-state index contributed by atoms with van der Waals surface area (Å²) >= 11 is 0. The molecule has 2 aromatic carbocycles. The molecular weight excluding hydrogens is 368 g/mol. The molecule has 1 saturated heterocycles. The Morgan fingerprint density at radius 1 is 1.21 bits per heavy atom. The number of rotatable bonds is 4. The van der Waals surface area contributed by atoms with Gasteiger partial charge in [0.1, 0.15) is 6.61 Å². The summed E-state index contributed by atoms with van der Waals surface area (Å²) in [6.45, 7) is 2.01. The summed E-state index contributed by atoms with van der Waals surface area (Å²) in [4.78, 5) is 25.6. The molecule has 0 radical (unpaired) electrons. The highest BCUT2D eigenvalue weighted by molar-refractivity contribution is 5.75. The molecule has 150 valence electrons. The molecule has 0 saturated carbocycles. The quantitative estimate of drug-likeness (QED) is 0.526. The number of carbonyl (C=O) groups is 1. The van der Waals surface area contributed by atoms with Crippen molar-refractivity contribution in [1.82, 2.24) is 4.90 Å². The van der Waals surface area contributed by atoms with Crippen LogP contribution in [0.2, 0.25) is 0 Å². The van der Waals surface area contributed by atoms with Gasteiger partial charge in [-0.1, -0.05) is 48.5 Å². The number of nitrogens with zero attached hydrogens (tertiary/aromatic N) is 2. The van der Waals surface area contributed by atoms with E-state index in [1.54, 1.807) is 19.1 Å². The lowest BCUT2D eigenvalue weighted by Gasteiger charge is -2.44. The zero-order chi connectivity index (χ0) is 20.4. The summed E-state index contributed by atoms with van der Waals surface area (Å²) in [7, 11) is 0. The lowest BCUT2D eigenvalue weighted by Crippen LogP contribution is -2.51. The molecular formula is C23H24N2O4. The Hall–Kier alpha value is -3.15. The largest absolute Gasteiger partial charge is 0.445 e. The Bertz CT molecular complexity index is 955. The SMILES string of the molecule is Cc1ccc(C2=CC3CCCC(C2)N3C(=O)OCc2ccccc2)cc1[N+](=O)[O-]. The molecule has 2 aromatic rings. The summed E-state index contributed by atoms with van der Waals surface area (Å²) < 4.78 is 5.58. The predicted molar refractivity (Wildman–Crippen MR) is 110 cm³/mol. The average molecular weight is 392 g/mol. The van der Waals surface area contributed by atoms with Crippen LogP contribution in [-0.2, 0) is 11.3 Å². The molecule has 2 aliphatic rings. The van der Waals surface area contributed by atoms with Crippen LogP contribution in [0.4, 0.5) is 10.5 Å². The van der Waals surface area contributed by atoms with E-state index in [1.165, 1.54) is 0 Å². The lowest BCUT2D eigenvalue weighted by atomic mass is 9.83. The lowest BCUT2D eigenvalue weighted by molar-refractivity contribution is -0.385. The minimum atomic E-state index is -0.337. The Labute approximate surface area is 169 Å². The Morgan fingerprint density at radius 2 is 2.00 bits per heavy atom. The number of ether oxygens (including phenoxy) is 1. The molecule has 2 atom stereocenters. The summed E-state index contributed by atoms with van der Waals surface area (Å²) in [6, 6.07) is 15.1. The molecule has 29 heavy (non-hydrogen) atoms. The van der Waals surface area contributed by atoms with Gasteiger partial charge in [-0.3, -0.25) is 15.0 Å². The van der Waals surface area contributed by atoms with Crippen molar-refractivity contribution >= 4 is 17.4 Å². The van der Waals surface area contributed by atoms with E-state index in [0.717, 1.165) is 36.0 Å². The number of nitro benzene ring substituents is 1. The fraction of sp³-hybridized carbons (Fsp3) is 0.348. The number of benzene rings is 2. The van der Waals surface area contributed by atoms with Gasteiger partial charge in [0, 0.05) is 17.7 Å². The van der Waals surface area contributed by atoms with E-state index in [1.807, 2.05) is 41.3 Å². The van der Waals surface area contributed by atoms with Crippen molar-refractivity contribution in [2.45, 2.75) is 51.3 Å². The summed E-state index contributed by atoms with van der Waals surface area (Å²) in [5.41, 5.74) is 3.71. The predicted octanol–water partition coefficient (Wildman–Crippen LogP) is 5.25. The average Bonchev–Trinajstić information content (AvgIpc) is 2.72. The first-order valence-corrected chi connectivity index (χ1v) is 9.98. The van der Waals surface area contributed by atoms with Crippen molar-refractivity contribution in [3.63, 3.8) is 0 Å². The van der Waals surface area contributed by atoms with Gasteiger partial charge in [-0.2, -0.15) is 0 Å². The van der Waals surface area contributed by atoms with E-state index in [4.69, 9.17) is 4.74 Å². The maximum atomic E-state index is 12.8. The molecule has 2 bridgehead atoms. The van der Waals surface area contributed by atoms with Crippen LogP contribution < -0.4 is 0 Å². The first-order valence-electron chi connectivity index (χ1n) is 9.98. The van der Waals surface area contributed by atoms with Crippen LogP contribution in [0, 0.1) is 17.0 Å². The Kier molecular flexibility index (Phi) is 5.34. The van der Waals surface area contributed by atoms with Crippen LogP contribution in [0.1, 0.15) is 42.4 Å². The van der Waals surface area contributed by atoms with Gasteiger partial charge >= 0.3 is 6.09 Å². The van der Waals surface area contributed by atoms with Crippen LogP contribution in [0.5, 0.6) is 0 Å². The van der Waals surface area contributed by atoms with E-state index in [-0.39, 0.29) is 35.4 Å². The van der Waals surface area contributed by atoms with Crippen LogP contribution >= 0.6 is 0 Å². The number of fused-ring (bicyclic) bond motifs is 2. The molecule has 2 heterocycles. The van der Waals surface area contributed by atoms with Gasteiger partial charge in [-0.25, -0.2) is 4.79 Å². The summed E-state index contributed by atoms with van der Waals surface area (Å²) in [5, 5.41) is 11.3. The summed E-state index contributed by atoms with van der Waals surface area (Å²) in [6.07, 6.45) is 5.37. The van der Waals surface area contributed by atoms with Gasteiger partial charge in [0.05, 0.1) is 11.0 Å². The zero-order valence-corrected chi connectivity index (χ0v) is 16.4. The highest BCUT2D eigenvalue weighted by Crippen LogP contribution is 2.38. The van der Waals surface area contributed by atoms with Gasteiger partial charge in [0.2, 0.25) is 0 Å². The van der Waals surface area contributed by atoms with Crippen LogP contribution in [0.15, 0.2) is 54.6 Å². The molecule has 6 nitrogen and oxygen atoms in total. The highest BCUT2D eigenvalue weighted by atomic mass is 16.6.